The van der Waals surface area contributed by atoms with Gasteiger partial charge in [-0.05, 0) is 43.0 Å². The molecule has 1 aromatic heterocycles. The Bertz CT molecular complexity index is 1170. The lowest BCUT2D eigenvalue weighted by molar-refractivity contribution is -0.138. The van der Waals surface area contributed by atoms with E-state index in [-0.39, 0.29) is 17.1 Å². The number of anilines is 1. The molecule has 2 unspecified atom stereocenters. The van der Waals surface area contributed by atoms with Crippen LogP contribution < -0.4 is 16.4 Å². The number of halogens is 3. The molecular formula is C21H19F3N4O2. The number of hydrogen-bond acceptors (Lipinski definition) is 4. The molecule has 156 valence electrons. The zero-order valence-electron chi connectivity index (χ0n) is 16.0. The average Bonchev–Trinajstić information content (AvgIpc) is 3.52. The second-order valence-electron chi connectivity index (χ2n) is 7.15. The van der Waals surface area contributed by atoms with E-state index in [0.717, 1.165) is 6.07 Å². The van der Waals surface area contributed by atoms with Crippen molar-refractivity contribution < 1.29 is 18.0 Å². The molecule has 4 rings (SSSR count). The Hall–Kier alpha value is -3.36. The number of fused-ring (bicyclic) bond motifs is 1. The molecule has 3 aromatic rings. The van der Waals surface area contributed by atoms with Gasteiger partial charge in [0.1, 0.15) is 0 Å². The van der Waals surface area contributed by atoms with Crippen LogP contribution in [0.5, 0.6) is 0 Å². The molecule has 1 fully saturated rings. The Morgan fingerprint density at radius 1 is 1.17 bits per heavy atom. The van der Waals surface area contributed by atoms with Gasteiger partial charge >= 0.3 is 6.18 Å². The monoisotopic (exact) mass is 416 g/mol. The zero-order chi connectivity index (χ0) is 21.5. The van der Waals surface area contributed by atoms with Crippen LogP contribution in [0.15, 0.2) is 53.3 Å². The summed E-state index contributed by atoms with van der Waals surface area (Å²) in [5, 5.41) is 0.460. The average molecular weight is 416 g/mol. The number of aromatic nitrogens is 2. The first kappa shape index (κ1) is 19.9. The molecule has 0 spiro atoms. The summed E-state index contributed by atoms with van der Waals surface area (Å²) >= 11 is 0. The van der Waals surface area contributed by atoms with Crippen molar-refractivity contribution in [3.8, 4) is 0 Å². The molecule has 1 aliphatic carbocycles. The van der Waals surface area contributed by atoms with Crippen molar-refractivity contribution >= 4 is 22.8 Å². The smallest absolute Gasteiger partial charge is 0.277 e. The number of carbonyl (C=O) groups excluding carboxylic acids is 1. The Kier molecular flexibility index (Phi) is 4.97. The minimum absolute atomic E-state index is 0.124. The molecule has 2 atom stereocenters. The Balaban J connectivity index is 1.50. The van der Waals surface area contributed by atoms with E-state index in [9.17, 15) is 22.8 Å². The van der Waals surface area contributed by atoms with Gasteiger partial charge in [0.05, 0.1) is 16.5 Å². The fourth-order valence-corrected chi connectivity index (χ4v) is 3.67. The maximum atomic E-state index is 13.2. The molecule has 1 heterocycles. The minimum atomic E-state index is -4.47. The fraction of sp³-hybridized carbons (Fsp3) is 0.286. The van der Waals surface area contributed by atoms with E-state index in [1.54, 1.807) is 31.2 Å². The van der Waals surface area contributed by atoms with Gasteiger partial charge in [0.25, 0.3) is 5.56 Å². The number of nitrogens with one attached hydrogen (secondary N) is 2. The van der Waals surface area contributed by atoms with Gasteiger partial charge in [-0.25, -0.2) is 4.98 Å². The minimum Gasteiger partial charge on any atom is -0.277 e. The van der Waals surface area contributed by atoms with Crippen LogP contribution in [0.4, 0.5) is 19.1 Å². The molecule has 6 nitrogen and oxygen atoms in total. The highest BCUT2D eigenvalue weighted by molar-refractivity contribution is 5.84. The van der Waals surface area contributed by atoms with Gasteiger partial charge in [0.15, 0.2) is 0 Å². The lowest BCUT2D eigenvalue weighted by Crippen LogP contribution is -2.35. The molecule has 0 radical (unpaired) electrons. The van der Waals surface area contributed by atoms with Gasteiger partial charge in [-0.15, -0.1) is 0 Å². The second kappa shape index (κ2) is 7.47. The topological polar surface area (TPSA) is 76.0 Å². The lowest BCUT2D eigenvalue weighted by Gasteiger charge is -2.14. The lowest BCUT2D eigenvalue weighted by atomic mass is 10.0. The molecule has 0 saturated heterocycles. The fourth-order valence-electron chi connectivity index (χ4n) is 3.67. The summed E-state index contributed by atoms with van der Waals surface area (Å²) in [6, 6.07) is 12.2. The van der Waals surface area contributed by atoms with Crippen molar-refractivity contribution in [2.45, 2.75) is 32.0 Å². The third kappa shape index (κ3) is 3.62. The van der Waals surface area contributed by atoms with Gasteiger partial charge < -0.3 is 0 Å². The van der Waals surface area contributed by atoms with E-state index in [2.05, 4.69) is 15.8 Å². The van der Waals surface area contributed by atoms with Crippen LogP contribution in [-0.4, -0.2) is 15.5 Å². The number of amides is 1. The first-order valence-corrected chi connectivity index (χ1v) is 9.52. The molecule has 0 aliphatic heterocycles. The van der Waals surface area contributed by atoms with Crippen molar-refractivity contribution in [2.24, 2.45) is 5.92 Å². The largest absolute Gasteiger partial charge is 0.416 e. The summed E-state index contributed by atoms with van der Waals surface area (Å²) in [5.41, 5.74) is 4.80. The molecule has 2 N–H and O–H groups in total. The van der Waals surface area contributed by atoms with Gasteiger partial charge in [-0.2, -0.15) is 13.2 Å². The van der Waals surface area contributed by atoms with Crippen molar-refractivity contribution in [2.75, 3.05) is 5.43 Å². The van der Waals surface area contributed by atoms with Crippen LogP contribution in [0.25, 0.3) is 10.9 Å². The molecule has 30 heavy (non-hydrogen) atoms. The summed E-state index contributed by atoms with van der Waals surface area (Å²) in [6.07, 6.45) is -4.14. The summed E-state index contributed by atoms with van der Waals surface area (Å²) in [5.74, 6) is -1.35. The first-order chi connectivity index (χ1) is 14.3. The molecule has 9 heteroatoms. The van der Waals surface area contributed by atoms with Crippen LogP contribution in [0.1, 0.15) is 30.4 Å². The Morgan fingerprint density at radius 2 is 1.87 bits per heavy atom. The third-order valence-corrected chi connectivity index (χ3v) is 5.27. The maximum absolute atomic E-state index is 13.2. The standard InChI is InChI=1S/C21H19F3N4O2/c1-2-28-19(30)13-8-4-6-10-17(13)25-20(28)27-26-18(29)15-11-14(15)12-7-3-5-9-16(12)21(22,23)24/h3-10,14-15H,2,11H2,1H3,(H,25,27)(H,26,29). The number of nitrogens with zero attached hydrogens (tertiary/aromatic N) is 2. The third-order valence-electron chi connectivity index (χ3n) is 5.27. The van der Waals surface area contributed by atoms with Crippen molar-refractivity contribution in [3.63, 3.8) is 0 Å². The number of hydrazine groups is 1. The predicted molar refractivity (Wildman–Crippen MR) is 106 cm³/mol. The van der Waals surface area contributed by atoms with Crippen LogP contribution in [0, 0.1) is 5.92 Å². The van der Waals surface area contributed by atoms with Crippen molar-refractivity contribution in [1.82, 2.24) is 15.0 Å². The maximum Gasteiger partial charge on any atom is 0.416 e. The van der Waals surface area contributed by atoms with Crippen LogP contribution in [0.3, 0.4) is 0 Å². The molecule has 1 amide bonds. The summed E-state index contributed by atoms with van der Waals surface area (Å²) in [7, 11) is 0. The quantitative estimate of drug-likeness (QED) is 0.622. The Morgan fingerprint density at radius 3 is 2.60 bits per heavy atom. The number of alkyl halides is 3. The van der Waals surface area contributed by atoms with Crippen LogP contribution in [0.2, 0.25) is 0 Å². The van der Waals surface area contributed by atoms with E-state index in [0.29, 0.717) is 23.9 Å². The summed E-state index contributed by atoms with van der Waals surface area (Å²) in [4.78, 5) is 29.5. The number of hydrogen-bond donors (Lipinski definition) is 2. The van der Waals surface area contributed by atoms with Gasteiger partial charge in [0.2, 0.25) is 11.9 Å². The second-order valence-corrected chi connectivity index (χ2v) is 7.15. The van der Waals surface area contributed by atoms with Gasteiger partial charge in [-0.1, -0.05) is 30.3 Å². The molecular weight excluding hydrogens is 397 g/mol. The van der Waals surface area contributed by atoms with E-state index >= 15 is 0 Å². The first-order valence-electron chi connectivity index (χ1n) is 9.52. The van der Waals surface area contributed by atoms with Gasteiger partial charge in [-0.3, -0.25) is 25.0 Å². The SMILES string of the molecule is CCn1c(NNC(=O)C2CC2c2ccccc2C(F)(F)F)nc2ccccc2c1=O. The highest BCUT2D eigenvalue weighted by Crippen LogP contribution is 2.51. The van der Waals surface area contributed by atoms with Crippen molar-refractivity contribution in [1.29, 1.82) is 0 Å². The van der Waals surface area contributed by atoms with Crippen LogP contribution >= 0.6 is 0 Å². The normalized spacial score (nSPS) is 18.3. The number of para-hydroxylation sites is 1. The highest BCUT2D eigenvalue weighted by Gasteiger charge is 2.47. The number of benzene rings is 2. The molecule has 2 aromatic carbocycles. The molecule has 0 bridgehead atoms. The van der Waals surface area contributed by atoms with E-state index < -0.39 is 29.5 Å². The van der Waals surface area contributed by atoms with E-state index in [1.165, 1.54) is 22.8 Å². The van der Waals surface area contributed by atoms with Gasteiger partial charge in [0, 0.05) is 12.5 Å². The summed E-state index contributed by atoms with van der Waals surface area (Å²) in [6.45, 7) is 2.11. The number of rotatable bonds is 5. The highest BCUT2D eigenvalue weighted by atomic mass is 19.4. The Labute approximate surface area is 169 Å². The summed E-state index contributed by atoms with van der Waals surface area (Å²) < 4.78 is 41.1. The van der Waals surface area contributed by atoms with Crippen LogP contribution in [-0.2, 0) is 17.5 Å². The molecule has 1 saturated carbocycles. The number of carbonyl (C=O) groups is 1. The molecule has 1 aliphatic rings. The zero-order valence-corrected chi connectivity index (χ0v) is 16.0. The van der Waals surface area contributed by atoms with E-state index in [1.807, 2.05) is 0 Å². The van der Waals surface area contributed by atoms with Crippen molar-refractivity contribution in [3.05, 3.63) is 70.0 Å². The van der Waals surface area contributed by atoms with E-state index in [4.69, 9.17) is 0 Å². The predicted octanol–water partition coefficient (Wildman–Crippen LogP) is 3.68.